The second-order valence-corrected chi connectivity index (χ2v) is 11.4. The zero-order chi connectivity index (χ0) is 29.5. The molecule has 2 aromatic heterocycles. The van der Waals surface area contributed by atoms with Gasteiger partial charge in [0.2, 0.25) is 11.7 Å². The number of hydrogen-bond acceptors (Lipinski definition) is 6. The number of carbonyl (C=O) groups is 2. The van der Waals surface area contributed by atoms with E-state index in [1.807, 2.05) is 58.5 Å². The van der Waals surface area contributed by atoms with Gasteiger partial charge in [-0.3, -0.25) is 19.5 Å². The molecular formula is C34H39N5O3. The molecule has 0 saturated carbocycles. The molecule has 1 aliphatic heterocycles. The highest BCUT2D eigenvalue weighted by Crippen LogP contribution is 2.30. The molecule has 1 aliphatic rings. The molecule has 0 spiro atoms. The van der Waals surface area contributed by atoms with Crippen molar-refractivity contribution in [3.05, 3.63) is 102 Å². The van der Waals surface area contributed by atoms with E-state index in [-0.39, 0.29) is 17.6 Å². The number of benzene rings is 2. The van der Waals surface area contributed by atoms with E-state index < -0.39 is 0 Å². The van der Waals surface area contributed by atoms with Crippen LogP contribution in [-0.4, -0.2) is 57.9 Å². The maximum absolute atomic E-state index is 14.0. The quantitative estimate of drug-likeness (QED) is 0.292. The van der Waals surface area contributed by atoms with Crippen molar-refractivity contribution in [3.8, 4) is 11.1 Å². The SMILES string of the molecule is CC(=O)N1CCCN(Cc2ccccc2)CCN(C(=O)c2cc(CC(C)C)no2)Cc2cc(-c3cccnc3)ccc21. The number of nitrogens with zero attached hydrogens (tertiary/aromatic N) is 5. The van der Waals surface area contributed by atoms with E-state index in [2.05, 4.69) is 47.1 Å². The molecular weight excluding hydrogens is 526 g/mol. The Labute approximate surface area is 247 Å². The monoisotopic (exact) mass is 565 g/mol. The molecule has 4 aromatic rings. The summed E-state index contributed by atoms with van der Waals surface area (Å²) >= 11 is 0. The number of pyridine rings is 1. The van der Waals surface area contributed by atoms with Crippen molar-refractivity contribution in [2.75, 3.05) is 31.1 Å². The number of rotatable bonds is 6. The standard InChI is InChI=1S/C34H39N5O3/c1-25(2)19-31-21-33(42-36-31)34(41)38-18-17-37(23-27-9-5-4-6-10-27)15-8-16-39(26(3)40)32-13-12-28(20-30(32)24-38)29-11-7-14-35-22-29/h4-7,9-14,20-22,25H,8,15-19,23-24H2,1-3H3. The minimum Gasteiger partial charge on any atom is -0.351 e. The lowest BCUT2D eigenvalue weighted by Gasteiger charge is -2.27. The molecule has 0 bridgehead atoms. The van der Waals surface area contributed by atoms with E-state index in [9.17, 15) is 9.59 Å². The van der Waals surface area contributed by atoms with Gasteiger partial charge in [-0.25, -0.2) is 0 Å². The normalized spacial score (nSPS) is 14.9. The number of aromatic nitrogens is 2. The third-order valence-electron chi connectivity index (χ3n) is 7.57. The Bertz CT molecular complexity index is 1490. The highest BCUT2D eigenvalue weighted by Gasteiger charge is 2.26. The molecule has 0 fully saturated rings. The van der Waals surface area contributed by atoms with Crippen LogP contribution in [0.5, 0.6) is 0 Å². The number of carbonyl (C=O) groups excluding carboxylic acids is 2. The summed E-state index contributed by atoms with van der Waals surface area (Å²) in [7, 11) is 0. The molecule has 0 radical (unpaired) electrons. The molecule has 0 N–H and O–H groups in total. The van der Waals surface area contributed by atoms with Crippen LogP contribution in [0.15, 0.2) is 83.6 Å². The first-order valence-corrected chi connectivity index (χ1v) is 14.7. The zero-order valence-electron chi connectivity index (χ0n) is 24.7. The summed E-state index contributed by atoms with van der Waals surface area (Å²) in [5.41, 5.74) is 5.67. The molecule has 8 nitrogen and oxygen atoms in total. The van der Waals surface area contributed by atoms with Crippen LogP contribution in [0.25, 0.3) is 11.1 Å². The maximum atomic E-state index is 14.0. The van der Waals surface area contributed by atoms with Crippen LogP contribution in [0.4, 0.5) is 5.69 Å². The molecule has 0 saturated heterocycles. The second-order valence-electron chi connectivity index (χ2n) is 11.4. The summed E-state index contributed by atoms with van der Waals surface area (Å²) in [6.07, 6.45) is 5.13. The van der Waals surface area contributed by atoms with Gasteiger partial charge in [0.15, 0.2) is 0 Å². The molecule has 0 aliphatic carbocycles. The fraction of sp³-hybridized carbons (Fsp3) is 0.353. The summed E-state index contributed by atoms with van der Waals surface area (Å²) in [5, 5.41) is 4.17. The summed E-state index contributed by atoms with van der Waals surface area (Å²) in [6, 6.07) is 22.1. The van der Waals surface area contributed by atoms with Gasteiger partial charge in [-0.15, -0.1) is 0 Å². The summed E-state index contributed by atoms with van der Waals surface area (Å²) in [5.74, 6) is 0.412. The van der Waals surface area contributed by atoms with Crippen molar-refractivity contribution in [2.24, 2.45) is 5.92 Å². The van der Waals surface area contributed by atoms with Gasteiger partial charge in [0.1, 0.15) is 0 Å². The van der Waals surface area contributed by atoms with Crippen LogP contribution in [-0.2, 0) is 24.3 Å². The first-order valence-electron chi connectivity index (χ1n) is 14.7. The molecule has 42 heavy (non-hydrogen) atoms. The lowest BCUT2D eigenvalue weighted by Crippen LogP contribution is -2.38. The molecule has 3 heterocycles. The number of amides is 2. The highest BCUT2D eigenvalue weighted by atomic mass is 16.5. The molecule has 0 unspecified atom stereocenters. The van der Waals surface area contributed by atoms with Crippen molar-refractivity contribution < 1.29 is 14.1 Å². The highest BCUT2D eigenvalue weighted by molar-refractivity contribution is 5.94. The second kappa shape index (κ2) is 13.6. The average Bonchev–Trinajstić information content (AvgIpc) is 3.44. The third-order valence-corrected chi connectivity index (χ3v) is 7.57. The van der Waals surface area contributed by atoms with E-state index in [0.29, 0.717) is 32.1 Å². The lowest BCUT2D eigenvalue weighted by atomic mass is 10.0. The Morgan fingerprint density at radius 3 is 2.50 bits per heavy atom. The average molecular weight is 566 g/mol. The minimum absolute atomic E-state index is 0.0225. The summed E-state index contributed by atoms with van der Waals surface area (Å²) in [4.78, 5) is 37.2. The van der Waals surface area contributed by atoms with E-state index in [1.165, 1.54) is 5.56 Å². The van der Waals surface area contributed by atoms with Gasteiger partial charge in [0.05, 0.1) is 5.69 Å². The first kappa shape index (κ1) is 29.2. The number of anilines is 1. The fourth-order valence-corrected chi connectivity index (χ4v) is 5.50. The van der Waals surface area contributed by atoms with Crippen LogP contribution in [0.3, 0.4) is 0 Å². The van der Waals surface area contributed by atoms with Crippen LogP contribution in [0.1, 0.15) is 54.6 Å². The first-order chi connectivity index (χ1) is 20.4. The van der Waals surface area contributed by atoms with Crippen molar-refractivity contribution >= 4 is 17.5 Å². The van der Waals surface area contributed by atoms with E-state index in [4.69, 9.17) is 4.52 Å². The Kier molecular flexibility index (Phi) is 9.44. The van der Waals surface area contributed by atoms with Crippen LogP contribution < -0.4 is 4.90 Å². The molecule has 0 atom stereocenters. The smallest absolute Gasteiger partial charge is 0.292 e. The predicted octanol–water partition coefficient (Wildman–Crippen LogP) is 5.84. The number of fused-ring (bicyclic) bond motifs is 1. The molecule has 5 rings (SSSR count). The van der Waals surface area contributed by atoms with Gasteiger partial charge in [0.25, 0.3) is 5.91 Å². The van der Waals surface area contributed by atoms with Crippen LogP contribution in [0.2, 0.25) is 0 Å². The van der Waals surface area contributed by atoms with Crippen molar-refractivity contribution in [1.29, 1.82) is 0 Å². The summed E-state index contributed by atoms with van der Waals surface area (Å²) in [6.45, 7) is 9.50. The molecule has 218 valence electrons. The van der Waals surface area contributed by atoms with Crippen molar-refractivity contribution in [3.63, 3.8) is 0 Å². The van der Waals surface area contributed by atoms with Gasteiger partial charge in [-0.05, 0) is 59.2 Å². The van der Waals surface area contributed by atoms with E-state index >= 15 is 0 Å². The zero-order valence-corrected chi connectivity index (χ0v) is 24.7. The Balaban J connectivity index is 1.52. The van der Waals surface area contributed by atoms with Crippen molar-refractivity contribution in [2.45, 2.75) is 46.7 Å². The number of hydrogen-bond donors (Lipinski definition) is 0. The molecule has 2 amide bonds. The van der Waals surface area contributed by atoms with Gasteiger partial charge in [-0.1, -0.05) is 61.5 Å². The Morgan fingerprint density at radius 2 is 1.76 bits per heavy atom. The van der Waals surface area contributed by atoms with Crippen LogP contribution in [0, 0.1) is 5.92 Å². The molecule has 8 heteroatoms. The van der Waals surface area contributed by atoms with E-state index in [0.717, 1.165) is 54.0 Å². The summed E-state index contributed by atoms with van der Waals surface area (Å²) < 4.78 is 5.57. The third kappa shape index (κ3) is 7.31. The lowest BCUT2D eigenvalue weighted by molar-refractivity contribution is -0.116. The Hall–Kier alpha value is -4.30. The molecule has 2 aromatic carbocycles. The largest absolute Gasteiger partial charge is 0.351 e. The maximum Gasteiger partial charge on any atom is 0.292 e. The van der Waals surface area contributed by atoms with Crippen LogP contribution >= 0.6 is 0 Å². The fourth-order valence-electron chi connectivity index (χ4n) is 5.50. The van der Waals surface area contributed by atoms with Gasteiger partial charge in [-0.2, -0.15) is 0 Å². The van der Waals surface area contributed by atoms with Crippen molar-refractivity contribution in [1.82, 2.24) is 19.9 Å². The Morgan fingerprint density at radius 1 is 0.929 bits per heavy atom. The van der Waals surface area contributed by atoms with Gasteiger partial charge >= 0.3 is 0 Å². The minimum atomic E-state index is -0.205. The topological polar surface area (TPSA) is 82.8 Å². The van der Waals surface area contributed by atoms with E-state index in [1.54, 1.807) is 19.2 Å². The predicted molar refractivity (Wildman–Crippen MR) is 164 cm³/mol. The van der Waals surface area contributed by atoms with Gasteiger partial charge in [0, 0.05) is 70.3 Å². The van der Waals surface area contributed by atoms with Gasteiger partial charge < -0.3 is 14.3 Å².